The number of nitrogens with one attached hydrogen (secondary N) is 1. The van der Waals surface area contributed by atoms with E-state index in [1.54, 1.807) is 6.08 Å². The Morgan fingerprint density at radius 2 is 0.823 bits per heavy atom. The standard InChI is InChI=1S/C56H101NO5/c1-3-5-7-9-11-13-15-17-19-20-22-24-28-32-36-40-44-48-54(59)53(52-58)57-55(60)49-45-41-37-33-29-25-23-27-31-35-39-43-47-51-62-56(61)50-46-42-38-34-30-26-21-18-16-14-12-10-8-6-4-2/h12,14,18,21,25,29,37,41,44,48,53-54,58-59H,3-11,13,15-17,19-20,22-24,26-28,30-36,38-40,42-43,45-47,49-52H2,1-2H3,(H,57,60)/b14-12-,21-18-,29-25-,41-37-,48-44+. The number of hydrogen-bond acceptors (Lipinski definition) is 5. The van der Waals surface area contributed by atoms with Crippen LogP contribution in [0.2, 0.25) is 0 Å². The monoisotopic (exact) mass is 868 g/mol. The molecule has 0 fully saturated rings. The van der Waals surface area contributed by atoms with Crippen molar-refractivity contribution < 1.29 is 24.5 Å². The van der Waals surface area contributed by atoms with E-state index in [2.05, 4.69) is 61.7 Å². The van der Waals surface area contributed by atoms with Crippen molar-refractivity contribution >= 4 is 11.9 Å². The van der Waals surface area contributed by atoms with Crippen LogP contribution in [0.1, 0.15) is 258 Å². The molecule has 1 amide bonds. The predicted molar refractivity (Wildman–Crippen MR) is 268 cm³/mol. The number of allylic oxidation sites excluding steroid dienone is 9. The third-order valence-corrected chi connectivity index (χ3v) is 11.8. The summed E-state index contributed by atoms with van der Waals surface area (Å²) in [5.41, 5.74) is 0. The molecule has 2 atom stereocenters. The van der Waals surface area contributed by atoms with E-state index in [1.165, 1.54) is 161 Å². The summed E-state index contributed by atoms with van der Waals surface area (Å²) in [4.78, 5) is 24.4. The summed E-state index contributed by atoms with van der Waals surface area (Å²) in [7, 11) is 0. The van der Waals surface area contributed by atoms with Gasteiger partial charge < -0.3 is 20.3 Å². The van der Waals surface area contributed by atoms with Crippen LogP contribution in [-0.4, -0.2) is 47.4 Å². The van der Waals surface area contributed by atoms with Crippen LogP contribution in [0.25, 0.3) is 0 Å². The van der Waals surface area contributed by atoms with Crippen molar-refractivity contribution in [2.24, 2.45) is 0 Å². The lowest BCUT2D eigenvalue weighted by Crippen LogP contribution is -2.45. The number of rotatable bonds is 48. The molecule has 0 bridgehead atoms. The van der Waals surface area contributed by atoms with Crippen LogP contribution >= 0.6 is 0 Å². The average molecular weight is 868 g/mol. The van der Waals surface area contributed by atoms with Gasteiger partial charge in [0.25, 0.3) is 0 Å². The van der Waals surface area contributed by atoms with E-state index in [-0.39, 0.29) is 18.5 Å². The van der Waals surface area contributed by atoms with E-state index in [1.807, 2.05) is 12.2 Å². The van der Waals surface area contributed by atoms with E-state index in [4.69, 9.17) is 4.74 Å². The molecule has 0 aliphatic rings. The average Bonchev–Trinajstić information content (AvgIpc) is 3.27. The van der Waals surface area contributed by atoms with E-state index in [0.717, 1.165) is 64.2 Å². The normalized spacial score (nSPS) is 13.2. The van der Waals surface area contributed by atoms with Crippen LogP contribution in [-0.2, 0) is 14.3 Å². The van der Waals surface area contributed by atoms with Gasteiger partial charge in [0.15, 0.2) is 0 Å². The highest BCUT2D eigenvalue weighted by Gasteiger charge is 2.17. The Morgan fingerprint density at radius 1 is 0.452 bits per heavy atom. The van der Waals surface area contributed by atoms with Crippen molar-refractivity contribution in [3.8, 4) is 0 Å². The highest BCUT2D eigenvalue weighted by Crippen LogP contribution is 2.15. The molecule has 3 N–H and O–H groups in total. The molecule has 0 aromatic rings. The summed E-state index contributed by atoms with van der Waals surface area (Å²) in [6.07, 6.45) is 65.2. The maximum absolute atomic E-state index is 12.4. The first-order chi connectivity index (χ1) is 30.5. The molecule has 0 spiro atoms. The molecule has 0 radical (unpaired) electrons. The van der Waals surface area contributed by atoms with E-state index >= 15 is 0 Å². The number of aliphatic hydroxyl groups is 2. The molecule has 0 aromatic heterocycles. The van der Waals surface area contributed by atoms with Crippen molar-refractivity contribution in [2.75, 3.05) is 13.2 Å². The first kappa shape index (κ1) is 59.6. The van der Waals surface area contributed by atoms with Crippen molar-refractivity contribution in [2.45, 2.75) is 270 Å². The maximum Gasteiger partial charge on any atom is 0.305 e. The van der Waals surface area contributed by atoms with Gasteiger partial charge in [-0.3, -0.25) is 9.59 Å². The van der Waals surface area contributed by atoms with Gasteiger partial charge in [0, 0.05) is 12.8 Å². The SMILES string of the molecule is CCCCC/C=C\C/C=C\CCCCCCCC(=O)OCCCCCCCC/C=C\C/C=C\CCC(=O)NC(CO)C(O)/C=C/CCCCCCCCCCCCCCCCC. The molecule has 0 aliphatic carbocycles. The third-order valence-electron chi connectivity index (χ3n) is 11.8. The number of hydrogen-bond donors (Lipinski definition) is 3. The van der Waals surface area contributed by atoms with Gasteiger partial charge >= 0.3 is 5.97 Å². The summed E-state index contributed by atoms with van der Waals surface area (Å²) >= 11 is 0. The number of amides is 1. The van der Waals surface area contributed by atoms with Crippen LogP contribution in [0, 0.1) is 0 Å². The van der Waals surface area contributed by atoms with Crippen LogP contribution in [0.5, 0.6) is 0 Å². The molecule has 2 unspecified atom stereocenters. The third kappa shape index (κ3) is 47.0. The first-order valence-electron chi connectivity index (χ1n) is 26.6. The Bertz CT molecular complexity index is 1090. The lowest BCUT2D eigenvalue weighted by Gasteiger charge is -2.19. The highest BCUT2D eigenvalue weighted by molar-refractivity contribution is 5.76. The molecular weight excluding hydrogens is 767 g/mol. The second-order valence-corrected chi connectivity index (χ2v) is 17.8. The number of ether oxygens (including phenoxy) is 1. The van der Waals surface area contributed by atoms with Gasteiger partial charge in [-0.1, -0.05) is 222 Å². The van der Waals surface area contributed by atoms with Gasteiger partial charge in [-0.25, -0.2) is 0 Å². The second-order valence-electron chi connectivity index (χ2n) is 17.8. The van der Waals surface area contributed by atoms with Gasteiger partial charge in [-0.05, 0) is 83.5 Å². The quantitative estimate of drug-likeness (QED) is 0.0322. The molecule has 0 rings (SSSR count). The van der Waals surface area contributed by atoms with Crippen molar-refractivity contribution in [3.05, 3.63) is 60.8 Å². The van der Waals surface area contributed by atoms with Gasteiger partial charge in [-0.2, -0.15) is 0 Å². The molecule has 0 aliphatic heterocycles. The van der Waals surface area contributed by atoms with Gasteiger partial charge in [-0.15, -0.1) is 0 Å². The molecule has 0 heterocycles. The minimum Gasteiger partial charge on any atom is -0.466 e. The minimum absolute atomic E-state index is 0.0334. The van der Waals surface area contributed by atoms with Crippen molar-refractivity contribution in [3.63, 3.8) is 0 Å². The Balaban J connectivity index is 3.61. The lowest BCUT2D eigenvalue weighted by molar-refractivity contribution is -0.143. The number of esters is 1. The largest absolute Gasteiger partial charge is 0.466 e. The zero-order valence-electron chi connectivity index (χ0n) is 40.8. The first-order valence-corrected chi connectivity index (χ1v) is 26.6. The Labute approximate surface area is 384 Å². The fraction of sp³-hybridized carbons (Fsp3) is 0.786. The number of aliphatic hydroxyl groups excluding tert-OH is 2. The number of carbonyl (C=O) groups excluding carboxylic acids is 2. The van der Waals surface area contributed by atoms with Crippen molar-refractivity contribution in [1.29, 1.82) is 0 Å². The van der Waals surface area contributed by atoms with E-state index in [9.17, 15) is 19.8 Å². The van der Waals surface area contributed by atoms with Gasteiger partial charge in [0.1, 0.15) is 0 Å². The highest BCUT2D eigenvalue weighted by atomic mass is 16.5. The van der Waals surface area contributed by atoms with Gasteiger partial charge in [0.05, 0.1) is 25.4 Å². The van der Waals surface area contributed by atoms with Crippen LogP contribution in [0.4, 0.5) is 0 Å². The Hall–Kier alpha value is -2.44. The Kier molecular flexibility index (Phi) is 49.2. The lowest BCUT2D eigenvalue weighted by atomic mass is 10.0. The molecule has 360 valence electrons. The second kappa shape index (κ2) is 51.2. The zero-order valence-corrected chi connectivity index (χ0v) is 40.8. The molecule has 0 saturated heterocycles. The zero-order chi connectivity index (χ0) is 45.1. The van der Waals surface area contributed by atoms with Crippen LogP contribution in [0.3, 0.4) is 0 Å². The maximum atomic E-state index is 12.4. The fourth-order valence-electron chi connectivity index (χ4n) is 7.65. The van der Waals surface area contributed by atoms with Crippen LogP contribution < -0.4 is 5.32 Å². The van der Waals surface area contributed by atoms with Crippen LogP contribution in [0.15, 0.2) is 60.8 Å². The predicted octanol–water partition coefficient (Wildman–Crippen LogP) is 16.0. The van der Waals surface area contributed by atoms with Crippen molar-refractivity contribution in [1.82, 2.24) is 5.32 Å². The van der Waals surface area contributed by atoms with Gasteiger partial charge in [0.2, 0.25) is 5.91 Å². The number of unbranched alkanes of at least 4 members (excludes halogenated alkanes) is 29. The minimum atomic E-state index is -0.881. The smallest absolute Gasteiger partial charge is 0.305 e. The molecule has 6 nitrogen and oxygen atoms in total. The molecule has 0 aromatic carbocycles. The summed E-state index contributed by atoms with van der Waals surface area (Å²) in [6, 6.07) is -0.674. The Morgan fingerprint density at radius 3 is 1.29 bits per heavy atom. The molecular formula is C56H101NO5. The molecule has 62 heavy (non-hydrogen) atoms. The molecule has 0 saturated carbocycles. The van der Waals surface area contributed by atoms with E-state index in [0.29, 0.717) is 25.9 Å². The summed E-state index contributed by atoms with van der Waals surface area (Å²) < 4.78 is 5.44. The summed E-state index contributed by atoms with van der Waals surface area (Å²) in [5, 5.41) is 23.0. The van der Waals surface area contributed by atoms with E-state index < -0.39 is 12.1 Å². The summed E-state index contributed by atoms with van der Waals surface area (Å²) in [5.74, 6) is -0.183. The number of carbonyl (C=O) groups is 2. The fourth-order valence-corrected chi connectivity index (χ4v) is 7.65. The molecule has 6 heteroatoms. The topological polar surface area (TPSA) is 95.9 Å². The summed E-state index contributed by atoms with van der Waals surface area (Å²) in [6.45, 7) is 4.80.